The van der Waals surface area contributed by atoms with Gasteiger partial charge in [-0.1, -0.05) is 0 Å². The maximum absolute atomic E-state index is 5.61. The number of hydrogen-bond acceptors (Lipinski definition) is 3. The molecule has 0 amide bonds. The summed E-state index contributed by atoms with van der Waals surface area (Å²) in [6.45, 7) is 4.26. The van der Waals surface area contributed by atoms with E-state index >= 15 is 0 Å². The first-order valence-corrected chi connectivity index (χ1v) is 5.82. The van der Waals surface area contributed by atoms with Crippen LogP contribution < -0.4 is 5.73 Å². The lowest BCUT2D eigenvalue weighted by Crippen LogP contribution is -2.35. The minimum atomic E-state index is 0.802. The molecule has 1 fully saturated rings. The van der Waals surface area contributed by atoms with Gasteiger partial charge in [-0.15, -0.1) is 0 Å². The summed E-state index contributed by atoms with van der Waals surface area (Å²) in [6.07, 6.45) is 7.41. The number of hydrogen-bond donors (Lipinski definition) is 1. The fourth-order valence-corrected chi connectivity index (χ4v) is 2.41. The summed E-state index contributed by atoms with van der Waals surface area (Å²) in [5, 5.41) is 0. The molecule has 1 aliphatic rings. The molecule has 1 aromatic heterocycles. The van der Waals surface area contributed by atoms with E-state index in [1.54, 1.807) is 6.26 Å². The molecule has 3 nitrogen and oxygen atoms in total. The lowest BCUT2D eigenvalue weighted by Gasteiger charge is -2.32. The highest BCUT2D eigenvalue weighted by Gasteiger charge is 2.19. The number of nitrogens with two attached hydrogens (primary N) is 1. The third-order valence-electron chi connectivity index (χ3n) is 3.16. The molecular formula is C12H20N2O. The SMILES string of the molecule is NCCC1CCCN(Cc2ccoc2)C1. The molecule has 2 heterocycles. The number of rotatable bonds is 4. The summed E-state index contributed by atoms with van der Waals surface area (Å²) in [5.74, 6) is 0.802. The number of nitrogens with zero attached hydrogens (tertiary/aromatic N) is 1. The van der Waals surface area contributed by atoms with Gasteiger partial charge in [0.25, 0.3) is 0 Å². The van der Waals surface area contributed by atoms with Gasteiger partial charge in [0.15, 0.2) is 0 Å². The van der Waals surface area contributed by atoms with Gasteiger partial charge in [0, 0.05) is 18.7 Å². The summed E-state index contributed by atoms with van der Waals surface area (Å²) in [5.41, 5.74) is 6.89. The van der Waals surface area contributed by atoms with Crippen molar-refractivity contribution in [2.45, 2.75) is 25.8 Å². The molecule has 0 aromatic carbocycles. The zero-order valence-corrected chi connectivity index (χ0v) is 9.19. The Morgan fingerprint density at radius 2 is 2.47 bits per heavy atom. The molecule has 1 aromatic rings. The van der Waals surface area contributed by atoms with Crippen LogP contribution in [0, 0.1) is 5.92 Å². The van der Waals surface area contributed by atoms with Crippen molar-refractivity contribution in [2.75, 3.05) is 19.6 Å². The van der Waals surface area contributed by atoms with Crippen LogP contribution in [-0.2, 0) is 6.54 Å². The van der Waals surface area contributed by atoms with Crippen molar-refractivity contribution in [3.63, 3.8) is 0 Å². The molecule has 0 spiro atoms. The molecule has 15 heavy (non-hydrogen) atoms. The number of likely N-dealkylation sites (tertiary alicyclic amines) is 1. The molecule has 2 N–H and O–H groups in total. The zero-order chi connectivity index (χ0) is 10.5. The van der Waals surface area contributed by atoms with E-state index in [1.807, 2.05) is 12.3 Å². The molecule has 0 radical (unpaired) electrons. The van der Waals surface area contributed by atoms with Gasteiger partial charge >= 0.3 is 0 Å². The van der Waals surface area contributed by atoms with Crippen LogP contribution in [0.1, 0.15) is 24.8 Å². The maximum atomic E-state index is 5.61. The fraction of sp³-hybridized carbons (Fsp3) is 0.667. The third kappa shape index (κ3) is 3.08. The summed E-state index contributed by atoms with van der Waals surface area (Å²) in [7, 11) is 0. The first kappa shape index (κ1) is 10.7. The van der Waals surface area contributed by atoms with Crippen molar-refractivity contribution in [3.8, 4) is 0 Å². The number of furan rings is 1. The largest absolute Gasteiger partial charge is 0.472 e. The van der Waals surface area contributed by atoms with E-state index in [-0.39, 0.29) is 0 Å². The molecule has 0 bridgehead atoms. The van der Waals surface area contributed by atoms with E-state index in [1.165, 1.54) is 37.9 Å². The molecule has 1 atom stereocenters. The van der Waals surface area contributed by atoms with Gasteiger partial charge in [-0.05, 0) is 44.3 Å². The highest BCUT2D eigenvalue weighted by Crippen LogP contribution is 2.20. The first-order valence-electron chi connectivity index (χ1n) is 5.82. The maximum Gasteiger partial charge on any atom is 0.0947 e. The Morgan fingerprint density at radius 3 is 3.20 bits per heavy atom. The minimum absolute atomic E-state index is 0.802. The van der Waals surface area contributed by atoms with Crippen molar-refractivity contribution in [3.05, 3.63) is 24.2 Å². The monoisotopic (exact) mass is 208 g/mol. The van der Waals surface area contributed by atoms with Crippen LogP contribution in [0.15, 0.2) is 23.0 Å². The molecule has 3 heteroatoms. The second kappa shape index (κ2) is 5.33. The topological polar surface area (TPSA) is 42.4 Å². The van der Waals surface area contributed by atoms with Crippen LogP contribution in [0.5, 0.6) is 0 Å². The number of piperidine rings is 1. The average molecular weight is 208 g/mol. The normalized spacial score (nSPS) is 23.1. The Hall–Kier alpha value is -0.800. The van der Waals surface area contributed by atoms with E-state index in [0.717, 1.165) is 19.0 Å². The Kier molecular flexibility index (Phi) is 3.80. The second-order valence-corrected chi connectivity index (χ2v) is 4.45. The molecular weight excluding hydrogens is 188 g/mol. The van der Waals surface area contributed by atoms with Gasteiger partial charge in [-0.2, -0.15) is 0 Å². The van der Waals surface area contributed by atoms with Crippen molar-refractivity contribution in [1.82, 2.24) is 4.90 Å². The van der Waals surface area contributed by atoms with E-state index < -0.39 is 0 Å². The quantitative estimate of drug-likeness (QED) is 0.821. The summed E-state index contributed by atoms with van der Waals surface area (Å²) in [6, 6.07) is 2.05. The summed E-state index contributed by atoms with van der Waals surface area (Å²) >= 11 is 0. The van der Waals surface area contributed by atoms with Crippen molar-refractivity contribution in [2.24, 2.45) is 11.7 Å². The molecule has 0 saturated carbocycles. The second-order valence-electron chi connectivity index (χ2n) is 4.45. The molecule has 0 aliphatic carbocycles. The van der Waals surface area contributed by atoms with Crippen LogP contribution >= 0.6 is 0 Å². The fourth-order valence-electron chi connectivity index (χ4n) is 2.41. The summed E-state index contributed by atoms with van der Waals surface area (Å²) < 4.78 is 5.08. The highest BCUT2D eigenvalue weighted by molar-refractivity contribution is 5.05. The van der Waals surface area contributed by atoms with Crippen LogP contribution in [0.25, 0.3) is 0 Å². The van der Waals surface area contributed by atoms with Crippen molar-refractivity contribution in [1.29, 1.82) is 0 Å². The van der Waals surface area contributed by atoms with Crippen LogP contribution in [-0.4, -0.2) is 24.5 Å². The van der Waals surface area contributed by atoms with Crippen LogP contribution in [0.3, 0.4) is 0 Å². The van der Waals surface area contributed by atoms with E-state index in [0.29, 0.717) is 0 Å². The van der Waals surface area contributed by atoms with E-state index in [9.17, 15) is 0 Å². The average Bonchev–Trinajstić information content (AvgIpc) is 2.71. The Labute approximate surface area is 91.2 Å². The molecule has 1 unspecified atom stereocenters. The van der Waals surface area contributed by atoms with Gasteiger partial charge in [-0.3, -0.25) is 4.90 Å². The first-order chi connectivity index (χ1) is 7.38. The van der Waals surface area contributed by atoms with Gasteiger partial charge in [0.1, 0.15) is 0 Å². The molecule has 1 saturated heterocycles. The summed E-state index contributed by atoms with van der Waals surface area (Å²) in [4.78, 5) is 2.51. The Balaban J connectivity index is 1.82. The molecule has 1 aliphatic heterocycles. The van der Waals surface area contributed by atoms with E-state index in [4.69, 9.17) is 10.2 Å². The zero-order valence-electron chi connectivity index (χ0n) is 9.19. The lowest BCUT2D eigenvalue weighted by molar-refractivity contribution is 0.163. The van der Waals surface area contributed by atoms with Crippen LogP contribution in [0.2, 0.25) is 0 Å². The lowest BCUT2D eigenvalue weighted by atomic mass is 9.95. The van der Waals surface area contributed by atoms with Gasteiger partial charge in [0.2, 0.25) is 0 Å². The Morgan fingerprint density at radius 1 is 1.53 bits per heavy atom. The van der Waals surface area contributed by atoms with Gasteiger partial charge < -0.3 is 10.2 Å². The predicted octanol–water partition coefficient (Wildman–Crippen LogP) is 1.84. The standard InChI is InChI=1S/C12H20N2O/c13-5-3-11-2-1-6-14(8-11)9-12-4-7-15-10-12/h4,7,10-11H,1-3,5-6,8-9,13H2. The predicted molar refractivity (Wildman–Crippen MR) is 60.4 cm³/mol. The van der Waals surface area contributed by atoms with Gasteiger partial charge in [0.05, 0.1) is 12.5 Å². The van der Waals surface area contributed by atoms with Crippen molar-refractivity contribution < 1.29 is 4.42 Å². The third-order valence-corrected chi connectivity index (χ3v) is 3.16. The molecule has 2 rings (SSSR count). The smallest absolute Gasteiger partial charge is 0.0947 e. The highest BCUT2D eigenvalue weighted by atomic mass is 16.3. The minimum Gasteiger partial charge on any atom is -0.472 e. The van der Waals surface area contributed by atoms with E-state index in [2.05, 4.69) is 4.90 Å². The van der Waals surface area contributed by atoms with Gasteiger partial charge in [-0.25, -0.2) is 0 Å². The van der Waals surface area contributed by atoms with Crippen LogP contribution in [0.4, 0.5) is 0 Å². The van der Waals surface area contributed by atoms with Crippen molar-refractivity contribution >= 4 is 0 Å². The Bertz CT molecular complexity index is 269. The molecule has 84 valence electrons.